The van der Waals surface area contributed by atoms with Gasteiger partial charge in [-0.2, -0.15) is 10.1 Å². The third-order valence-corrected chi connectivity index (χ3v) is 6.37. The van der Waals surface area contributed by atoms with E-state index < -0.39 is 0 Å². The van der Waals surface area contributed by atoms with Gasteiger partial charge >= 0.3 is 0 Å². The number of hydrazone groups is 1. The first kappa shape index (κ1) is 18.1. The molecule has 2 aliphatic carbocycles. The second kappa shape index (κ2) is 7.16. The Balaban J connectivity index is 1.23. The van der Waals surface area contributed by atoms with E-state index in [1.807, 2.05) is 48.5 Å². The van der Waals surface area contributed by atoms with Crippen LogP contribution in [0.2, 0.25) is 5.02 Å². The summed E-state index contributed by atoms with van der Waals surface area (Å²) in [6, 6.07) is 14.9. The molecule has 0 spiro atoms. The van der Waals surface area contributed by atoms with Crippen LogP contribution in [0.25, 0.3) is 0 Å². The zero-order valence-electron chi connectivity index (χ0n) is 15.6. The number of benzene rings is 2. The molecule has 0 aromatic heterocycles. The number of hydrogen-bond acceptors (Lipinski definition) is 4. The fourth-order valence-corrected chi connectivity index (χ4v) is 4.74. The van der Waals surface area contributed by atoms with Crippen LogP contribution < -0.4 is 4.74 Å². The van der Waals surface area contributed by atoms with Crippen LogP contribution in [0.15, 0.2) is 65.8 Å². The Labute approximate surface area is 173 Å². The lowest BCUT2D eigenvalue weighted by Gasteiger charge is -2.13. The number of hydrogen-bond donors (Lipinski definition) is 0. The molecule has 2 fully saturated rings. The fraction of sp³-hybridized carbons (Fsp3) is 0.261. The molecule has 1 heterocycles. The van der Waals surface area contributed by atoms with Crippen LogP contribution in [0.3, 0.4) is 0 Å². The van der Waals surface area contributed by atoms with Gasteiger partial charge in [0.05, 0.1) is 18.1 Å². The van der Waals surface area contributed by atoms with Gasteiger partial charge in [-0.3, -0.25) is 9.59 Å². The number of allylic oxidation sites excluding steroid dienone is 2. The summed E-state index contributed by atoms with van der Waals surface area (Å²) >= 11 is 6.14. The first-order valence-electron chi connectivity index (χ1n) is 9.68. The van der Waals surface area contributed by atoms with E-state index in [-0.39, 0.29) is 35.5 Å². The van der Waals surface area contributed by atoms with Gasteiger partial charge in [-0.25, -0.2) is 0 Å². The molecule has 5 nitrogen and oxygen atoms in total. The van der Waals surface area contributed by atoms with E-state index >= 15 is 0 Å². The summed E-state index contributed by atoms with van der Waals surface area (Å²) in [5.41, 5.74) is 1.70. The summed E-state index contributed by atoms with van der Waals surface area (Å²) in [4.78, 5) is 25.3. The van der Waals surface area contributed by atoms with Crippen LogP contribution >= 0.6 is 11.6 Å². The highest BCUT2D eigenvalue weighted by Gasteiger charge is 2.59. The minimum Gasteiger partial charge on any atom is -0.489 e. The Hall–Kier alpha value is -2.92. The van der Waals surface area contributed by atoms with Crippen LogP contribution in [-0.2, 0) is 16.2 Å². The van der Waals surface area contributed by atoms with Gasteiger partial charge in [0, 0.05) is 10.6 Å². The van der Waals surface area contributed by atoms with E-state index in [9.17, 15) is 9.59 Å². The molecule has 1 saturated carbocycles. The molecule has 0 unspecified atom stereocenters. The molecule has 146 valence electrons. The predicted octanol–water partition coefficient (Wildman–Crippen LogP) is 4.06. The highest BCUT2D eigenvalue weighted by atomic mass is 35.5. The lowest BCUT2D eigenvalue weighted by molar-refractivity contribution is -0.140. The summed E-state index contributed by atoms with van der Waals surface area (Å²) in [5.74, 6) is 0.283. The Bertz CT molecular complexity index is 1000. The molecule has 4 atom stereocenters. The number of nitrogens with zero attached hydrogens (tertiary/aromatic N) is 2. The van der Waals surface area contributed by atoms with Gasteiger partial charge in [0.25, 0.3) is 11.8 Å². The Morgan fingerprint density at radius 1 is 1.00 bits per heavy atom. The lowest BCUT2D eigenvalue weighted by Crippen LogP contribution is -2.28. The van der Waals surface area contributed by atoms with Crippen molar-refractivity contribution in [2.45, 2.75) is 13.0 Å². The number of rotatable bonds is 5. The van der Waals surface area contributed by atoms with Crippen molar-refractivity contribution in [1.82, 2.24) is 5.01 Å². The average molecular weight is 407 g/mol. The van der Waals surface area contributed by atoms with Gasteiger partial charge in [-0.15, -0.1) is 0 Å². The van der Waals surface area contributed by atoms with Gasteiger partial charge in [0.15, 0.2) is 0 Å². The van der Waals surface area contributed by atoms with Gasteiger partial charge in [0.1, 0.15) is 12.4 Å². The second-order valence-electron chi connectivity index (χ2n) is 7.68. The minimum atomic E-state index is -0.227. The molecule has 5 rings (SSSR count). The summed E-state index contributed by atoms with van der Waals surface area (Å²) in [6.45, 7) is 0.378. The summed E-state index contributed by atoms with van der Waals surface area (Å²) in [7, 11) is 0. The van der Waals surface area contributed by atoms with Crippen molar-refractivity contribution < 1.29 is 14.3 Å². The molecule has 3 aliphatic rings. The number of imide groups is 1. The van der Waals surface area contributed by atoms with Crippen LogP contribution in [0.1, 0.15) is 17.5 Å². The zero-order valence-corrected chi connectivity index (χ0v) is 16.3. The van der Waals surface area contributed by atoms with E-state index in [1.165, 1.54) is 0 Å². The van der Waals surface area contributed by atoms with Crippen LogP contribution in [0, 0.1) is 23.7 Å². The van der Waals surface area contributed by atoms with Gasteiger partial charge < -0.3 is 4.74 Å². The maximum atomic E-state index is 12.6. The quantitative estimate of drug-likeness (QED) is 0.427. The van der Waals surface area contributed by atoms with Crippen LogP contribution in [0.5, 0.6) is 5.75 Å². The largest absolute Gasteiger partial charge is 0.489 e. The maximum absolute atomic E-state index is 12.6. The van der Waals surface area contributed by atoms with Gasteiger partial charge in [-0.1, -0.05) is 42.0 Å². The van der Waals surface area contributed by atoms with Crippen molar-refractivity contribution >= 4 is 29.6 Å². The summed E-state index contributed by atoms with van der Waals surface area (Å²) in [6.07, 6.45) is 6.61. The Morgan fingerprint density at radius 3 is 2.31 bits per heavy atom. The normalized spacial score (nSPS) is 27.3. The number of carbonyl (C=O) groups is 2. The number of carbonyl (C=O) groups excluding carboxylic acids is 2. The maximum Gasteiger partial charge on any atom is 0.254 e. The van der Waals surface area contributed by atoms with Crippen molar-refractivity contribution in [2.24, 2.45) is 28.8 Å². The van der Waals surface area contributed by atoms with E-state index in [0.29, 0.717) is 17.4 Å². The molecular weight excluding hydrogens is 388 g/mol. The van der Waals surface area contributed by atoms with Crippen LogP contribution in [0.4, 0.5) is 0 Å². The van der Waals surface area contributed by atoms with Gasteiger partial charge in [-0.05, 0) is 54.2 Å². The van der Waals surface area contributed by atoms with E-state index in [4.69, 9.17) is 16.3 Å². The van der Waals surface area contributed by atoms with E-state index in [0.717, 1.165) is 22.6 Å². The van der Waals surface area contributed by atoms with Crippen molar-refractivity contribution in [2.75, 3.05) is 0 Å². The highest BCUT2D eigenvalue weighted by molar-refractivity contribution is 6.31. The topological polar surface area (TPSA) is 59.0 Å². The Kier molecular flexibility index (Phi) is 4.47. The number of amides is 2. The van der Waals surface area contributed by atoms with Gasteiger partial charge in [0.2, 0.25) is 0 Å². The molecule has 29 heavy (non-hydrogen) atoms. The average Bonchev–Trinajstić information content (AvgIpc) is 3.41. The molecule has 2 aromatic rings. The van der Waals surface area contributed by atoms with Crippen molar-refractivity contribution in [3.63, 3.8) is 0 Å². The molecule has 2 bridgehead atoms. The number of fused-ring (bicyclic) bond motifs is 5. The smallest absolute Gasteiger partial charge is 0.254 e. The standard InChI is InChI=1S/C23H19ClN2O3/c24-19-4-2-1-3-17(19)13-29-18-9-5-14(6-10-18)12-25-26-22(27)20-15-7-8-16(11-15)21(20)23(26)28/h1-10,12,15-16,20-21H,11,13H2/b25-12-/t15-,16-,20-,21+/m0/s1. The SMILES string of the molecule is O=C1[C@@H]2[C@H](C(=O)N1/N=C\c1ccc(OCc3ccccc3Cl)cc1)[C@H]1C=C[C@H]2C1. The van der Waals surface area contributed by atoms with E-state index in [2.05, 4.69) is 17.3 Å². The number of halogens is 1. The number of ether oxygens (including phenoxy) is 1. The first-order chi connectivity index (χ1) is 14.1. The molecule has 6 heteroatoms. The van der Waals surface area contributed by atoms with Crippen molar-refractivity contribution in [3.8, 4) is 5.75 Å². The van der Waals surface area contributed by atoms with Crippen LogP contribution in [-0.4, -0.2) is 23.0 Å². The monoisotopic (exact) mass is 406 g/mol. The second-order valence-corrected chi connectivity index (χ2v) is 8.09. The zero-order chi connectivity index (χ0) is 20.0. The third kappa shape index (κ3) is 3.15. The third-order valence-electron chi connectivity index (χ3n) is 6.00. The molecule has 1 aliphatic heterocycles. The molecule has 2 aromatic carbocycles. The summed E-state index contributed by atoms with van der Waals surface area (Å²) < 4.78 is 5.77. The van der Waals surface area contributed by atoms with Crippen molar-refractivity contribution in [3.05, 3.63) is 76.8 Å². The molecule has 0 N–H and O–H groups in total. The molecule has 2 amide bonds. The minimum absolute atomic E-state index is 0.173. The fourth-order valence-electron chi connectivity index (χ4n) is 4.55. The molecule has 0 radical (unpaired) electrons. The highest BCUT2D eigenvalue weighted by Crippen LogP contribution is 2.52. The molecular formula is C23H19ClN2O3. The Morgan fingerprint density at radius 2 is 1.66 bits per heavy atom. The summed E-state index contributed by atoms with van der Waals surface area (Å²) in [5, 5.41) is 5.92. The predicted molar refractivity (Wildman–Crippen MR) is 109 cm³/mol. The van der Waals surface area contributed by atoms with E-state index in [1.54, 1.807) is 6.21 Å². The molecule has 1 saturated heterocycles. The van der Waals surface area contributed by atoms with Crippen molar-refractivity contribution in [1.29, 1.82) is 0 Å². The first-order valence-corrected chi connectivity index (χ1v) is 10.1. The lowest BCUT2D eigenvalue weighted by atomic mass is 9.85.